The van der Waals surface area contributed by atoms with Crippen molar-refractivity contribution in [2.75, 3.05) is 5.73 Å². The molecule has 20 heavy (non-hydrogen) atoms. The Morgan fingerprint density at radius 3 is 2.55 bits per heavy atom. The van der Waals surface area contributed by atoms with Gasteiger partial charge in [-0.2, -0.15) is 5.10 Å². The Labute approximate surface area is 127 Å². The van der Waals surface area contributed by atoms with Crippen LogP contribution in [-0.4, -0.2) is 18.2 Å². The zero-order chi connectivity index (χ0) is 15.1. The van der Waals surface area contributed by atoms with Crippen LogP contribution in [0.2, 0.25) is 10.0 Å². The number of aromatic nitrogens is 2. The number of hydrogen-bond acceptors (Lipinski definition) is 4. The first-order valence-corrected chi connectivity index (χ1v) is 8.09. The van der Waals surface area contributed by atoms with Crippen molar-refractivity contribution in [2.45, 2.75) is 17.6 Å². The van der Waals surface area contributed by atoms with Gasteiger partial charge in [-0.05, 0) is 25.1 Å². The normalized spacial score (nSPS) is 11.8. The number of benzene rings is 1. The monoisotopic (exact) mass is 333 g/mol. The fraction of sp³-hybridized carbons (Fsp3) is 0.250. The number of nitrogens with zero attached hydrogens (tertiary/aromatic N) is 2. The summed E-state index contributed by atoms with van der Waals surface area (Å²) >= 11 is 11.9. The molecule has 0 aliphatic rings. The zero-order valence-electron chi connectivity index (χ0n) is 10.9. The molecule has 0 atom stereocenters. The van der Waals surface area contributed by atoms with Crippen LogP contribution in [0.3, 0.4) is 0 Å². The first-order chi connectivity index (χ1) is 9.22. The van der Waals surface area contributed by atoms with Gasteiger partial charge in [-0.3, -0.25) is 4.68 Å². The lowest BCUT2D eigenvalue weighted by molar-refractivity contribution is 0.592. The molecule has 0 radical (unpaired) electrons. The Morgan fingerprint density at radius 1 is 1.35 bits per heavy atom. The molecule has 1 aromatic heterocycles. The molecular formula is C12H13Cl2N3O2S. The maximum Gasteiger partial charge on any atom is 0.186 e. The highest BCUT2D eigenvalue weighted by Gasteiger charge is 2.23. The minimum Gasteiger partial charge on any atom is -0.398 e. The third-order valence-corrected chi connectivity index (χ3v) is 5.30. The predicted octanol–water partition coefficient (Wildman–Crippen LogP) is 2.59. The summed E-state index contributed by atoms with van der Waals surface area (Å²) in [6.07, 6.45) is 0. The summed E-state index contributed by atoms with van der Waals surface area (Å²) in [5, 5.41) is 4.75. The van der Waals surface area contributed by atoms with Gasteiger partial charge in [-0.1, -0.05) is 23.2 Å². The molecule has 1 aromatic carbocycles. The third-order valence-electron chi connectivity index (χ3n) is 2.90. The van der Waals surface area contributed by atoms with E-state index in [1.165, 1.54) is 22.9 Å². The molecule has 0 aliphatic carbocycles. The fourth-order valence-electron chi connectivity index (χ4n) is 1.87. The third kappa shape index (κ3) is 2.77. The second-order valence-electron chi connectivity index (χ2n) is 4.41. The van der Waals surface area contributed by atoms with Crippen molar-refractivity contribution in [3.05, 3.63) is 39.6 Å². The highest BCUT2D eigenvalue weighted by molar-refractivity contribution is 7.90. The summed E-state index contributed by atoms with van der Waals surface area (Å²) in [6.45, 7) is 1.71. The van der Waals surface area contributed by atoms with Crippen molar-refractivity contribution < 1.29 is 8.42 Å². The van der Waals surface area contributed by atoms with Crippen LogP contribution in [0.5, 0.6) is 0 Å². The number of sulfone groups is 1. The number of hydrogen-bond donors (Lipinski definition) is 1. The van der Waals surface area contributed by atoms with Crippen molar-refractivity contribution in [3.63, 3.8) is 0 Å². The van der Waals surface area contributed by atoms with Gasteiger partial charge in [0.25, 0.3) is 0 Å². The molecule has 2 rings (SSSR count). The number of nitrogen functional groups attached to an aromatic ring is 1. The van der Waals surface area contributed by atoms with Gasteiger partial charge in [0.2, 0.25) is 0 Å². The topological polar surface area (TPSA) is 78.0 Å². The summed E-state index contributed by atoms with van der Waals surface area (Å²) < 4.78 is 26.4. The van der Waals surface area contributed by atoms with Gasteiger partial charge in [0.05, 0.1) is 32.7 Å². The van der Waals surface area contributed by atoms with E-state index >= 15 is 0 Å². The Morgan fingerprint density at radius 2 is 2.00 bits per heavy atom. The van der Waals surface area contributed by atoms with Crippen molar-refractivity contribution in [2.24, 2.45) is 7.05 Å². The molecule has 108 valence electrons. The van der Waals surface area contributed by atoms with E-state index in [1.54, 1.807) is 14.0 Å². The largest absolute Gasteiger partial charge is 0.398 e. The van der Waals surface area contributed by atoms with Gasteiger partial charge in [-0.15, -0.1) is 0 Å². The maximum absolute atomic E-state index is 12.4. The van der Waals surface area contributed by atoms with Gasteiger partial charge in [0, 0.05) is 12.1 Å². The van der Waals surface area contributed by atoms with Crippen LogP contribution in [0.1, 0.15) is 11.4 Å². The Kier molecular flexibility index (Phi) is 4.00. The number of anilines is 1. The van der Waals surface area contributed by atoms with Gasteiger partial charge in [0.1, 0.15) is 0 Å². The molecule has 1 heterocycles. The van der Waals surface area contributed by atoms with Crippen LogP contribution in [-0.2, 0) is 22.6 Å². The first kappa shape index (κ1) is 15.2. The van der Waals surface area contributed by atoms with Crippen molar-refractivity contribution in [1.82, 2.24) is 9.78 Å². The van der Waals surface area contributed by atoms with E-state index in [2.05, 4.69) is 5.10 Å². The standard InChI is InChI=1S/C12H13Cl2N3O2S/c1-7-12(14)10(17(2)16-7)6-20(18,19)11-5-8(13)3-4-9(11)15/h3-5H,6,15H2,1-2H3. The van der Waals surface area contributed by atoms with Crippen LogP contribution < -0.4 is 5.73 Å². The number of aryl methyl sites for hydroxylation is 2. The Bertz CT molecular complexity index is 769. The Hall–Kier alpha value is -1.24. The molecule has 2 N–H and O–H groups in total. The summed E-state index contributed by atoms with van der Waals surface area (Å²) in [5.74, 6) is -0.284. The molecule has 8 heteroatoms. The van der Waals surface area contributed by atoms with E-state index in [0.717, 1.165) is 0 Å². The molecule has 0 bridgehead atoms. The molecule has 0 saturated carbocycles. The highest BCUT2D eigenvalue weighted by atomic mass is 35.5. The van der Waals surface area contributed by atoms with Crippen LogP contribution in [0.25, 0.3) is 0 Å². The van der Waals surface area contributed by atoms with Crippen LogP contribution in [0.15, 0.2) is 23.1 Å². The lowest BCUT2D eigenvalue weighted by Crippen LogP contribution is -2.11. The van der Waals surface area contributed by atoms with Crippen LogP contribution in [0, 0.1) is 6.92 Å². The molecule has 0 amide bonds. The number of nitrogens with two attached hydrogens (primary N) is 1. The van der Waals surface area contributed by atoms with E-state index < -0.39 is 9.84 Å². The van der Waals surface area contributed by atoms with Crippen LogP contribution in [0.4, 0.5) is 5.69 Å². The molecule has 2 aromatic rings. The second-order valence-corrected chi connectivity index (χ2v) is 7.18. The Balaban J connectivity index is 2.49. The molecule has 0 saturated heterocycles. The average molecular weight is 334 g/mol. The summed E-state index contributed by atoms with van der Waals surface area (Å²) in [6, 6.07) is 4.34. The molecule has 0 aliphatic heterocycles. The van der Waals surface area contributed by atoms with E-state index in [1.807, 2.05) is 0 Å². The van der Waals surface area contributed by atoms with Crippen molar-refractivity contribution >= 4 is 38.7 Å². The zero-order valence-corrected chi connectivity index (χ0v) is 13.2. The van der Waals surface area contributed by atoms with E-state index in [4.69, 9.17) is 28.9 Å². The minimum absolute atomic E-state index is 0.0000743. The lowest BCUT2D eigenvalue weighted by atomic mass is 10.3. The fourth-order valence-corrected chi connectivity index (χ4v) is 4.00. The number of rotatable bonds is 3. The van der Waals surface area contributed by atoms with E-state index in [9.17, 15) is 8.42 Å². The quantitative estimate of drug-likeness (QED) is 0.875. The second kappa shape index (κ2) is 5.27. The summed E-state index contributed by atoms with van der Waals surface area (Å²) in [5.41, 5.74) is 6.88. The smallest absolute Gasteiger partial charge is 0.186 e. The van der Waals surface area contributed by atoms with Gasteiger partial charge < -0.3 is 5.73 Å². The maximum atomic E-state index is 12.4. The molecular weight excluding hydrogens is 321 g/mol. The van der Waals surface area contributed by atoms with Crippen molar-refractivity contribution in [3.8, 4) is 0 Å². The van der Waals surface area contributed by atoms with Gasteiger partial charge >= 0.3 is 0 Å². The molecule has 5 nitrogen and oxygen atoms in total. The average Bonchev–Trinajstić information content (AvgIpc) is 2.59. The van der Waals surface area contributed by atoms with E-state index in [0.29, 0.717) is 21.4 Å². The molecule has 0 fully saturated rings. The van der Waals surface area contributed by atoms with Gasteiger partial charge in [-0.25, -0.2) is 8.42 Å². The summed E-state index contributed by atoms with van der Waals surface area (Å²) in [4.78, 5) is -0.0000743. The van der Waals surface area contributed by atoms with Crippen LogP contribution >= 0.6 is 23.2 Å². The summed E-state index contributed by atoms with van der Waals surface area (Å²) in [7, 11) is -2.01. The SMILES string of the molecule is Cc1nn(C)c(CS(=O)(=O)c2cc(Cl)ccc2N)c1Cl. The predicted molar refractivity (Wildman–Crippen MR) is 79.7 cm³/mol. The highest BCUT2D eigenvalue weighted by Crippen LogP contribution is 2.28. The van der Waals surface area contributed by atoms with Gasteiger partial charge in [0.15, 0.2) is 9.84 Å². The number of halogens is 2. The first-order valence-electron chi connectivity index (χ1n) is 5.68. The van der Waals surface area contributed by atoms with E-state index in [-0.39, 0.29) is 16.3 Å². The lowest BCUT2D eigenvalue weighted by Gasteiger charge is -2.08. The van der Waals surface area contributed by atoms with Crippen molar-refractivity contribution in [1.29, 1.82) is 0 Å². The molecule has 0 unspecified atom stereocenters. The molecule has 0 spiro atoms. The minimum atomic E-state index is -3.65.